The number of aromatic nitrogens is 6. The number of aromatic amines is 1. The maximum absolute atomic E-state index is 16.0. The molecule has 0 radical (unpaired) electrons. The van der Waals surface area contributed by atoms with Crippen LogP contribution in [0.15, 0.2) is 41.7 Å². The number of thiol groups is 2. The summed E-state index contributed by atoms with van der Waals surface area (Å²) in [6.45, 7) is -9.83. The Hall–Kier alpha value is -2.35. The summed E-state index contributed by atoms with van der Waals surface area (Å²) in [6, 6.07) is 7.10. The highest BCUT2D eigenvalue weighted by molar-refractivity contribution is 8.44. The Kier molecular flexibility index (Phi) is 7.69. The molecule has 0 bridgehead atoms. The van der Waals surface area contributed by atoms with Crippen molar-refractivity contribution in [2.75, 3.05) is 18.9 Å². The van der Waals surface area contributed by atoms with Crippen LogP contribution in [0, 0.1) is 0 Å². The van der Waals surface area contributed by atoms with Crippen molar-refractivity contribution < 1.29 is 46.2 Å². The quantitative estimate of drug-likeness (QED) is 0.150. The van der Waals surface area contributed by atoms with E-state index >= 15 is 4.39 Å². The summed E-state index contributed by atoms with van der Waals surface area (Å²) < 4.78 is 79.3. The van der Waals surface area contributed by atoms with Crippen molar-refractivity contribution in [1.82, 2.24) is 29.1 Å². The number of nitrogen functional groups attached to an aromatic ring is 1. The number of nitrogens with one attached hydrogen (secondary N) is 1. The van der Waals surface area contributed by atoms with E-state index in [0.717, 1.165) is 10.9 Å². The van der Waals surface area contributed by atoms with E-state index in [4.69, 9.17) is 33.3 Å². The summed E-state index contributed by atoms with van der Waals surface area (Å²) in [5.74, 6) is -0.247. The van der Waals surface area contributed by atoms with Gasteiger partial charge in [-0.15, -0.1) is 0 Å². The van der Waals surface area contributed by atoms with Crippen LogP contribution >= 0.6 is 38.1 Å². The van der Waals surface area contributed by atoms with Gasteiger partial charge in [0.25, 0.3) is 5.56 Å². The van der Waals surface area contributed by atoms with Crippen molar-refractivity contribution in [1.29, 1.82) is 0 Å². The van der Waals surface area contributed by atoms with Crippen molar-refractivity contribution in [3.8, 4) is 0 Å². The van der Waals surface area contributed by atoms with E-state index in [1.165, 1.54) is 6.33 Å². The molecule has 0 saturated carbocycles. The predicted molar refractivity (Wildman–Crippen MR) is 156 cm³/mol. The Bertz CT molecular complexity index is 1890. The lowest BCUT2D eigenvalue weighted by atomic mass is 10.1. The Morgan fingerprint density at radius 3 is 2.36 bits per heavy atom. The van der Waals surface area contributed by atoms with Crippen LogP contribution < -0.4 is 11.3 Å². The third-order valence-electron chi connectivity index (χ3n) is 7.37. The molecule has 236 valence electrons. The number of para-hydroxylation sites is 2. The molecule has 22 heteroatoms. The molecule has 10 unspecified atom stereocenters. The third-order valence-corrected chi connectivity index (χ3v) is 10.6. The number of anilines is 1. The molecular weight excluding hydrogens is 667 g/mol. The van der Waals surface area contributed by atoms with Crippen LogP contribution in [-0.2, 0) is 36.7 Å². The van der Waals surface area contributed by atoms with E-state index in [9.17, 15) is 19.0 Å². The summed E-state index contributed by atoms with van der Waals surface area (Å²) in [5, 5.41) is 11.2. The summed E-state index contributed by atoms with van der Waals surface area (Å²) in [4.78, 5) is 26.8. The molecule has 3 saturated heterocycles. The number of nitrogens with two attached hydrogens (primary N) is 1. The largest absolute Gasteiger partial charge is 0.386 e. The molecule has 4 N–H and O–H groups in total. The number of nitrogens with zero attached hydrogens (tertiary/aromatic N) is 5. The second kappa shape index (κ2) is 11.2. The summed E-state index contributed by atoms with van der Waals surface area (Å²) in [5.41, 5.74) is 6.01. The van der Waals surface area contributed by atoms with Crippen molar-refractivity contribution in [3.63, 3.8) is 0 Å². The van der Waals surface area contributed by atoms with E-state index < -0.39 is 81.5 Å². The highest BCUT2D eigenvalue weighted by Gasteiger charge is 2.53. The van der Waals surface area contributed by atoms with Gasteiger partial charge in [-0.25, -0.2) is 23.5 Å². The van der Waals surface area contributed by atoms with Gasteiger partial charge in [-0.2, -0.15) is 4.98 Å². The number of imidazole rings is 2. The SMILES string of the molecule is Nc1nc2c(ncn2C2OC3COP(=O)(S)OC4C(COP(=O)(S)OC3C2F)OC(n2cnc3ccccc32)C4O)c(=O)[nH]1. The third kappa shape index (κ3) is 5.41. The van der Waals surface area contributed by atoms with Gasteiger partial charge in [-0.1, -0.05) is 36.6 Å². The number of hydrogen-bond acceptors (Lipinski definition) is 14. The van der Waals surface area contributed by atoms with Crippen molar-refractivity contribution in [2.45, 2.75) is 49.1 Å². The van der Waals surface area contributed by atoms with Gasteiger partial charge in [0.15, 0.2) is 29.8 Å². The van der Waals surface area contributed by atoms with Crippen LogP contribution in [0.3, 0.4) is 0 Å². The van der Waals surface area contributed by atoms with Gasteiger partial charge in [0.1, 0.15) is 30.5 Å². The normalized spacial score (nSPS) is 38.3. The maximum atomic E-state index is 16.0. The Labute approximate surface area is 256 Å². The zero-order chi connectivity index (χ0) is 31.0. The van der Waals surface area contributed by atoms with Gasteiger partial charge in [0, 0.05) is 0 Å². The average Bonchev–Trinajstić information content (AvgIpc) is 3.72. The molecule has 0 aliphatic carbocycles. The van der Waals surface area contributed by atoms with Crippen molar-refractivity contribution in [3.05, 3.63) is 47.3 Å². The minimum Gasteiger partial charge on any atom is -0.386 e. The maximum Gasteiger partial charge on any atom is 0.386 e. The predicted octanol–water partition coefficient (Wildman–Crippen LogP) is 2.14. The minimum absolute atomic E-state index is 0.0928. The van der Waals surface area contributed by atoms with Crippen LogP contribution in [0.1, 0.15) is 12.5 Å². The van der Waals surface area contributed by atoms with Gasteiger partial charge in [-0.3, -0.25) is 32.4 Å². The zero-order valence-electron chi connectivity index (χ0n) is 22.1. The van der Waals surface area contributed by atoms with E-state index in [-0.39, 0.29) is 17.1 Å². The van der Waals surface area contributed by atoms with Crippen LogP contribution in [0.5, 0.6) is 0 Å². The molecule has 4 aromatic rings. The van der Waals surface area contributed by atoms with Crippen LogP contribution in [-0.4, -0.2) is 84.1 Å². The second-order valence-corrected chi connectivity index (χ2v) is 15.9. The van der Waals surface area contributed by atoms with Crippen LogP contribution in [0.25, 0.3) is 22.2 Å². The number of fused-ring (bicyclic) bond motifs is 4. The van der Waals surface area contributed by atoms with Gasteiger partial charge < -0.3 is 24.9 Å². The highest BCUT2D eigenvalue weighted by Crippen LogP contribution is 2.60. The minimum atomic E-state index is -4.35. The number of benzene rings is 1. The first-order valence-electron chi connectivity index (χ1n) is 13.0. The first-order chi connectivity index (χ1) is 20.9. The van der Waals surface area contributed by atoms with Crippen molar-refractivity contribution in [2.24, 2.45) is 0 Å². The average molecular weight is 692 g/mol. The molecule has 3 aromatic heterocycles. The monoisotopic (exact) mass is 691 g/mol. The lowest BCUT2D eigenvalue weighted by molar-refractivity contribution is -0.0554. The number of hydrogen-bond donors (Lipinski definition) is 5. The smallest absolute Gasteiger partial charge is 0.386 e. The molecule has 3 aliphatic heterocycles. The fourth-order valence-corrected chi connectivity index (χ4v) is 8.38. The van der Waals surface area contributed by atoms with Crippen LogP contribution in [0.2, 0.25) is 0 Å². The molecule has 17 nitrogen and oxygen atoms in total. The summed E-state index contributed by atoms with van der Waals surface area (Å²) in [7, 11) is 0. The number of rotatable bonds is 2. The standard InChI is InChI=1S/C22H24FN7O10P2S2/c23-13-16-11(37-20(13)30-8-26-14-18(30)27-22(24)28-19(14)32)5-35-42(34,44)40-17-12(6-36-41(33,43)39-16)38-21(15(17)31)29-7-25-9-3-1-2-4-10(9)29/h1-4,7-8,11-13,15-17,20-21,31H,5-6H2,(H,33,43)(H,34,44)(H3,24,27,28,32). The zero-order valence-corrected chi connectivity index (χ0v) is 25.7. The van der Waals surface area contributed by atoms with E-state index in [0.29, 0.717) is 11.0 Å². The van der Waals surface area contributed by atoms with Gasteiger partial charge in [-0.05, 0) is 12.1 Å². The fraction of sp³-hybridized carbons (Fsp3) is 0.455. The topological polar surface area (TPSA) is 217 Å². The molecule has 10 atom stereocenters. The number of aliphatic hydroxyl groups excluding tert-OH is 1. The van der Waals surface area contributed by atoms with E-state index in [2.05, 4.69) is 44.4 Å². The number of H-pyrrole nitrogens is 1. The Morgan fingerprint density at radius 2 is 1.61 bits per heavy atom. The molecule has 44 heavy (non-hydrogen) atoms. The fourth-order valence-electron chi connectivity index (χ4n) is 5.41. The first-order valence-corrected chi connectivity index (χ1v) is 18.4. The lowest BCUT2D eigenvalue weighted by Gasteiger charge is -2.28. The van der Waals surface area contributed by atoms with Crippen LogP contribution in [0.4, 0.5) is 10.3 Å². The number of halogens is 1. The molecule has 1 aromatic carbocycles. The summed E-state index contributed by atoms with van der Waals surface area (Å²) >= 11 is 8.07. The first kappa shape index (κ1) is 30.3. The van der Waals surface area contributed by atoms with Crippen molar-refractivity contribution >= 4 is 66.2 Å². The molecular formula is C22H24FN7O10P2S2. The molecule has 7 rings (SSSR count). The molecule has 0 amide bonds. The molecule has 3 aliphatic rings. The van der Waals surface area contributed by atoms with E-state index in [1.54, 1.807) is 28.8 Å². The second-order valence-electron chi connectivity index (χ2n) is 10.1. The van der Waals surface area contributed by atoms with E-state index in [1.807, 2.05) is 0 Å². The molecule has 6 heterocycles. The lowest BCUT2D eigenvalue weighted by Crippen LogP contribution is -2.37. The highest BCUT2D eigenvalue weighted by atomic mass is 32.7. The summed E-state index contributed by atoms with van der Waals surface area (Å²) in [6.07, 6.45) is -9.12. The molecule has 3 fully saturated rings. The van der Waals surface area contributed by atoms with Gasteiger partial charge >= 0.3 is 13.6 Å². The number of ether oxygens (including phenoxy) is 2. The Balaban J connectivity index is 1.17. The van der Waals surface area contributed by atoms with Gasteiger partial charge in [0.2, 0.25) is 5.95 Å². The number of aliphatic hydroxyl groups is 1. The number of alkyl halides is 1. The molecule has 0 spiro atoms. The Morgan fingerprint density at radius 1 is 0.977 bits per heavy atom. The van der Waals surface area contributed by atoms with Gasteiger partial charge in [0.05, 0.1) is 36.9 Å².